The van der Waals surface area contributed by atoms with Gasteiger partial charge in [-0.1, -0.05) is 0 Å². The first kappa shape index (κ1) is 14.4. The number of morpholine rings is 1. The van der Waals surface area contributed by atoms with Gasteiger partial charge in [0.2, 0.25) is 10.0 Å². The molecule has 2 rings (SSSR count). The van der Waals surface area contributed by atoms with Crippen LogP contribution >= 0.6 is 0 Å². The monoisotopic (exact) mass is 288 g/mol. The molecule has 1 saturated heterocycles. The van der Waals surface area contributed by atoms with Crippen molar-refractivity contribution in [3.8, 4) is 0 Å². The first-order valence-electron chi connectivity index (χ1n) is 6.39. The molecule has 1 N–H and O–H groups in total. The molecule has 1 aliphatic heterocycles. The van der Waals surface area contributed by atoms with Gasteiger partial charge in [0.15, 0.2) is 0 Å². The summed E-state index contributed by atoms with van der Waals surface area (Å²) >= 11 is 0. The molecule has 8 heteroatoms. The molecule has 1 aromatic heterocycles. The van der Waals surface area contributed by atoms with Crippen LogP contribution in [0.25, 0.3) is 0 Å². The molecule has 0 unspecified atom stereocenters. The average molecular weight is 288 g/mol. The summed E-state index contributed by atoms with van der Waals surface area (Å²) in [4.78, 5) is 0.263. The molecule has 19 heavy (non-hydrogen) atoms. The van der Waals surface area contributed by atoms with Crippen LogP contribution in [-0.2, 0) is 21.3 Å². The predicted molar refractivity (Wildman–Crippen MR) is 70.3 cm³/mol. The average Bonchev–Trinajstić information content (AvgIpc) is 2.90. The van der Waals surface area contributed by atoms with Crippen LogP contribution in [0.2, 0.25) is 0 Å². The zero-order chi connectivity index (χ0) is 13.7. The van der Waals surface area contributed by atoms with Crippen LogP contribution in [0.15, 0.2) is 17.3 Å². The van der Waals surface area contributed by atoms with E-state index in [0.717, 1.165) is 13.0 Å². The highest BCUT2D eigenvalue weighted by molar-refractivity contribution is 7.89. The highest BCUT2D eigenvalue weighted by atomic mass is 32.2. The summed E-state index contributed by atoms with van der Waals surface area (Å²) in [7, 11) is -1.53. The molecule has 2 heterocycles. The van der Waals surface area contributed by atoms with Crippen LogP contribution in [0.1, 0.15) is 6.42 Å². The van der Waals surface area contributed by atoms with Crippen molar-refractivity contribution in [3.63, 3.8) is 0 Å². The standard InChI is InChI=1S/C11H20N4O3S/c1-12-3-2-4-14-10-11(9-13-14)19(16,17)15-5-7-18-8-6-15/h9-10,12H,2-8H2,1H3. The Morgan fingerprint density at radius 1 is 1.42 bits per heavy atom. The van der Waals surface area contributed by atoms with E-state index in [1.54, 1.807) is 10.9 Å². The van der Waals surface area contributed by atoms with E-state index in [4.69, 9.17) is 4.74 Å². The van der Waals surface area contributed by atoms with Crippen molar-refractivity contribution < 1.29 is 13.2 Å². The fourth-order valence-electron chi connectivity index (χ4n) is 1.95. The van der Waals surface area contributed by atoms with Crippen molar-refractivity contribution in [2.24, 2.45) is 0 Å². The van der Waals surface area contributed by atoms with E-state index >= 15 is 0 Å². The molecular formula is C11H20N4O3S. The molecule has 0 spiro atoms. The van der Waals surface area contributed by atoms with E-state index in [2.05, 4.69) is 10.4 Å². The van der Waals surface area contributed by atoms with Crippen molar-refractivity contribution in [2.75, 3.05) is 39.9 Å². The van der Waals surface area contributed by atoms with Gasteiger partial charge in [0.05, 0.1) is 19.4 Å². The second-order valence-corrected chi connectivity index (χ2v) is 6.35. The molecule has 108 valence electrons. The first-order valence-corrected chi connectivity index (χ1v) is 7.83. The summed E-state index contributed by atoms with van der Waals surface area (Å²) in [6.07, 6.45) is 3.93. The second kappa shape index (κ2) is 6.47. The molecule has 1 aromatic rings. The normalized spacial score (nSPS) is 17.7. The number of sulfonamides is 1. The van der Waals surface area contributed by atoms with E-state index in [0.29, 0.717) is 32.8 Å². The topological polar surface area (TPSA) is 76.5 Å². The lowest BCUT2D eigenvalue weighted by Gasteiger charge is -2.25. The maximum atomic E-state index is 12.3. The third kappa shape index (κ3) is 3.53. The smallest absolute Gasteiger partial charge is 0.246 e. The van der Waals surface area contributed by atoms with Gasteiger partial charge in [-0.25, -0.2) is 8.42 Å². The Labute approximate surface area is 113 Å². The largest absolute Gasteiger partial charge is 0.379 e. The van der Waals surface area contributed by atoms with Gasteiger partial charge in [0.1, 0.15) is 4.90 Å². The zero-order valence-electron chi connectivity index (χ0n) is 11.1. The predicted octanol–water partition coefficient (Wildman–Crippen LogP) is -0.486. The molecule has 0 saturated carbocycles. The highest BCUT2D eigenvalue weighted by Crippen LogP contribution is 2.16. The Balaban J connectivity index is 2.03. The van der Waals surface area contributed by atoms with Crippen LogP contribution in [0.3, 0.4) is 0 Å². The number of nitrogens with zero attached hydrogens (tertiary/aromatic N) is 3. The molecule has 0 atom stereocenters. The van der Waals surface area contributed by atoms with Crippen molar-refractivity contribution in [3.05, 3.63) is 12.4 Å². The first-order chi connectivity index (χ1) is 9.14. The molecule has 1 fully saturated rings. The molecule has 7 nitrogen and oxygen atoms in total. The minimum Gasteiger partial charge on any atom is -0.379 e. The number of rotatable bonds is 6. The van der Waals surface area contributed by atoms with Gasteiger partial charge in [0.25, 0.3) is 0 Å². The summed E-state index contributed by atoms with van der Waals surface area (Å²) in [5.74, 6) is 0. The van der Waals surface area contributed by atoms with E-state index in [9.17, 15) is 8.42 Å². The Hall–Kier alpha value is -0.960. The minimum atomic E-state index is -3.42. The van der Waals surface area contributed by atoms with Crippen LogP contribution in [0, 0.1) is 0 Å². The third-order valence-corrected chi connectivity index (χ3v) is 4.88. The zero-order valence-corrected chi connectivity index (χ0v) is 11.9. The molecular weight excluding hydrogens is 268 g/mol. The van der Waals surface area contributed by atoms with Crippen molar-refractivity contribution >= 4 is 10.0 Å². The Bertz CT molecular complexity index is 494. The van der Waals surface area contributed by atoms with E-state index in [1.165, 1.54) is 10.5 Å². The second-order valence-electron chi connectivity index (χ2n) is 4.41. The molecule has 0 aliphatic carbocycles. The number of hydrogen-bond acceptors (Lipinski definition) is 5. The highest BCUT2D eigenvalue weighted by Gasteiger charge is 2.27. The van der Waals surface area contributed by atoms with Crippen LogP contribution in [0.4, 0.5) is 0 Å². The van der Waals surface area contributed by atoms with E-state index < -0.39 is 10.0 Å². The van der Waals surface area contributed by atoms with Gasteiger partial charge in [-0.05, 0) is 20.0 Å². The lowest BCUT2D eigenvalue weighted by atomic mass is 10.4. The number of nitrogens with one attached hydrogen (secondary N) is 1. The maximum absolute atomic E-state index is 12.3. The van der Waals surface area contributed by atoms with Gasteiger partial charge in [-0.2, -0.15) is 9.40 Å². The lowest BCUT2D eigenvalue weighted by molar-refractivity contribution is 0.0730. The number of hydrogen-bond donors (Lipinski definition) is 1. The van der Waals surface area contributed by atoms with Crippen molar-refractivity contribution in [1.82, 2.24) is 19.4 Å². The number of aromatic nitrogens is 2. The van der Waals surface area contributed by atoms with Gasteiger partial charge in [0, 0.05) is 25.8 Å². The summed E-state index contributed by atoms with van der Waals surface area (Å²) in [6, 6.07) is 0. The maximum Gasteiger partial charge on any atom is 0.246 e. The van der Waals surface area contributed by atoms with Crippen molar-refractivity contribution in [1.29, 1.82) is 0 Å². The van der Waals surface area contributed by atoms with E-state index in [-0.39, 0.29) is 4.90 Å². The quantitative estimate of drug-likeness (QED) is 0.715. The number of aryl methyl sites for hydroxylation is 1. The Morgan fingerprint density at radius 3 is 2.84 bits per heavy atom. The van der Waals surface area contributed by atoms with Gasteiger partial charge in [-0.15, -0.1) is 0 Å². The van der Waals surface area contributed by atoms with Crippen LogP contribution in [0.5, 0.6) is 0 Å². The van der Waals surface area contributed by atoms with Crippen LogP contribution in [-0.4, -0.2) is 62.4 Å². The SMILES string of the molecule is CNCCCn1cc(S(=O)(=O)N2CCOCC2)cn1. The summed E-state index contributed by atoms with van der Waals surface area (Å²) in [5.41, 5.74) is 0. The third-order valence-electron chi connectivity index (χ3n) is 3.03. The van der Waals surface area contributed by atoms with Gasteiger partial charge in [-0.3, -0.25) is 4.68 Å². The molecule has 1 aliphatic rings. The van der Waals surface area contributed by atoms with Crippen LogP contribution < -0.4 is 5.32 Å². The summed E-state index contributed by atoms with van der Waals surface area (Å²) in [5, 5.41) is 7.15. The fraction of sp³-hybridized carbons (Fsp3) is 0.727. The van der Waals surface area contributed by atoms with Crippen molar-refractivity contribution in [2.45, 2.75) is 17.9 Å². The summed E-state index contributed by atoms with van der Waals surface area (Å²) < 4.78 is 33.0. The van der Waals surface area contributed by atoms with Gasteiger partial charge >= 0.3 is 0 Å². The lowest BCUT2D eigenvalue weighted by Crippen LogP contribution is -2.40. The fourth-order valence-corrected chi connectivity index (χ4v) is 3.32. The Morgan fingerprint density at radius 2 is 2.16 bits per heavy atom. The van der Waals surface area contributed by atoms with E-state index in [1.807, 2.05) is 7.05 Å². The molecule has 0 aromatic carbocycles. The number of ether oxygens (including phenoxy) is 1. The Kier molecular flexibility index (Phi) is 4.92. The molecule has 0 radical (unpaired) electrons. The van der Waals surface area contributed by atoms with Gasteiger partial charge < -0.3 is 10.1 Å². The minimum absolute atomic E-state index is 0.263. The molecule has 0 amide bonds. The molecule has 0 bridgehead atoms. The summed E-state index contributed by atoms with van der Waals surface area (Å²) in [6.45, 7) is 3.32.